The van der Waals surface area contributed by atoms with Gasteiger partial charge >= 0.3 is 6.18 Å². The number of nitrogens with zero attached hydrogens (tertiary/aromatic N) is 1. The summed E-state index contributed by atoms with van der Waals surface area (Å²) in [4.78, 5) is 14.1. The lowest BCUT2D eigenvalue weighted by atomic mass is 10.2. The number of aromatic nitrogens is 1. The van der Waals surface area contributed by atoms with Crippen molar-refractivity contribution < 1.29 is 18.0 Å². The Balaban J connectivity index is 3.27. The number of pyridine rings is 1. The van der Waals surface area contributed by atoms with Gasteiger partial charge in [0.15, 0.2) is 5.78 Å². The van der Waals surface area contributed by atoms with Crippen molar-refractivity contribution in [3.05, 3.63) is 28.0 Å². The zero-order valence-electron chi connectivity index (χ0n) is 7.02. The molecule has 0 aliphatic rings. The number of carbonyl (C=O) groups excluding carboxylic acids is 1. The second kappa shape index (κ2) is 3.68. The molecule has 1 aromatic rings. The summed E-state index contributed by atoms with van der Waals surface area (Å²) >= 11 is 2.95. The van der Waals surface area contributed by atoms with Crippen LogP contribution >= 0.6 is 15.9 Å². The zero-order chi connectivity index (χ0) is 10.9. The van der Waals surface area contributed by atoms with Gasteiger partial charge in [-0.15, -0.1) is 0 Å². The van der Waals surface area contributed by atoms with E-state index in [4.69, 9.17) is 0 Å². The van der Waals surface area contributed by atoms with Crippen LogP contribution in [0.2, 0.25) is 0 Å². The van der Waals surface area contributed by atoms with Crippen molar-refractivity contribution in [2.45, 2.75) is 13.1 Å². The molecular weight excluding hydrogens is 263 g/mol. The molecule has 0 aliphatic heterocycles. The molecule has 1 aromatic heterocycles. The van der Waals surface area contributed by atoms with E-state index in [9.17, 15) is 18.0 Å². The fourth-order valence-electron chi connectivity index (χ4n) is 0.847. The van der Waals surface area contributed by atoms with E-state index >= 15 is 0 Å². The smallest absolute Gasteiger partial charge is 0.293 e. The van der Waals surface area contributed by atoms with Crippen LogP contribution in [0, 0.1) is 0 Å². The zero-order valence-corrected chi connectivity index (χ0v) is 8.61. The summed E-state index contributed by atoms with van der Waals surface area (Å²) in [5.41, 5.74) is -1.27. The van der Waals surface area contributed by atoms with Crippen molar-refractivity contribution in [3.63, 3.8) is 0 Å². The first-order valence-electron chi connectivity index (χ1n) is 3.57. The molecule has 76 valence electrons. The van der Waals surface area contributed by atoms with Gasteiger partial charge in [-0.1, -0.05) is 0 Å². The van der Waals surface area contributed by atoms with Crippen LogP contribution in [0.25, 0.3) is 0 Å². The Kier molecular flexibility index (Phi) is 2.94. The van der Waals surface area contributed by atoms with Crippen LogP contribution in [0.1, 0.15) is 23.1 Å². The van der Waals surface area contributed by atoms with Crippen LogP contribution in [0.5, 0.6) is 0 Å². The minimum Gasteiger partial charge on any atom is -0.293 e. The number of rotatable bonds is 1. The van der Waals surface area contributed by atoms with E-state index in [1.54, 1.807) is 0 Å². The molecule has 0 N–H and O–H groups in total. The van der Waals surface area contributed by atoms with Gasteiger partial charge in [0.1, 0.15) is 11.4 Å². The average molecular weight is 268 g/mol. The average Bonchev–Trinajstić information content (AvgIpc) is 2.02. The minimum atomic E-state index is -4.52. The first-order chi connectivity index (χ1) is 6.32. The number of ketones is 1. The lowest BCUT2D eigenvalue weighted by molar-refractivity contribution is -0.141. The maximum atomic E-state index is 12.2. The second-order valence-electron chi connectivity index (χ2n) is 2.58. The third-order valence-electron chi connectivity index (χ3n) is 1.47. The van der Waals surface area contributed by atoms with Crippen LogP contribution in [0.3, 0.4) is 0 Å². The first kappa shape index (κ1) is 11.2. The summed E-state index contributed by atoms with van der Waals surface area (Å²) in [5, 5.41) is 0. The Morgan fingerprint density at radius 1 is 1.43 bits per heavy atom. The number of hydrogen-bond acceptors (Lipinski definition) is 2. The molecule has 1 heterocycles. The number of alkyl halides is 3. The predicted molar refractivity (Wildman–Crippen MR) is 46.9 cm³/mol. The van der Waals surface area contributed by atoms with Gasteiger partial charge in [-0.2, -0.15) is 13.2 Å². The normalized spacial score (nSPS) is 11.5. The highest BCUT2D eigenvalue weighted by atomic mass is 79.9. The monoisotopic (exact) mass is 267 g/mol. The summed E-state index contributed by atoms with van der Waals surface area (Å²) in [6.07, 6.45) is -4.52. The number of halogens is 4. The van der Waals surface area contributed by atoms with E-state index in [2.05, 4.69) is 20.9 Å². The summed E-state index contributed by atoms with van der Waals surface area (Å²) in [6, 6.07) is 1.98. The molecule has 0 radical (unpaired) electrons. The molecule has 6 heteroatoms. The van der Waals surface area contributed by atoms with Gasteiger partial charge in [-0.3, -0.25) is 4.79 Å². The first-order valence-corrected chi connectivity index (χ1v) is 4.36. The highest BCUT2D eigenvalue weighted by molar-refractivity contribution is 9.10. The fourth-order valence-corrected chi connectivity index (χ4v) is 1.35. The van der Waals surface area contributed by atoms with Gasteiger partial charge in [0, 0.05) is 11.4 Å². The third kappa shape index (κ3) is 2.31. The molecular formula is C8H5BrF3NO. The van der Waals surface area contributed by atoms with E-state index < -0.39 is 17.7 Å². The maximum absolute atomic E-state index is 12.2. The van der Waals surface area contributed by atoms with Crippen molar-refractivity contribution in [1.82, 2.24) is 4.98 Å². The number of Topliss-reactive ketones (excluding diaryl/α,β-unsaturated/α-hetero) is 1. The van der Waals surface area contributed by atoms with Gasteiger partial charge in [-0.05, 0) is 28.1 Å². The Labute approximate surface area is 86.3 Å². The number of hydrogen-bond donors (Lipinski definition) is 0. The molecule has 0 bridgehead atoms. The lowest BCUT2D eigenvalue weighted by Gasteiger charge is -2.07. The SMILES string of the molecule is CC(=O)c1nc(C(F)(F)F)ccc1Br. The van der Waals surface area contributed by atoms with Crippen LogP contribution in [-0.2, 0) is 6.18 Å². The van der Waals surface area contributed by atoms with Gasteiger partial charge in [0.05, 0.1) is 0 Å². The largest absolute Gasteiger partial charge is 0.433 e. The number of carbonyl (C=O) groups is 1. The molecule has 2 nitrogen and oxygen atoms in total. The lowest BCUT2D eigenvalue weighted by Crippen LogP contribution is -2.11. The van der Waals surface area contributed by atoms with Gasteiger partial charge in [0.25, 0.3) is 0 Å². The van der Waals surface area contributed by atoms with E-state index in [1.807, 2.05) is 0 Å². The van der Waals surface area contributed by atoms with Crippen LogP contribution in [0.15, 0.2) is 16.6 Å². The van der Waals surface area contributed by atoms with Crippen LogP contribution in [0.4, 0.5) is 13.2 Å². The molecule has 0 saturated carbocycles. The van der Waals surface area contributed by atoms with E-state index in [0.29, 0.717) is 0 Å². The molecule has 0 atom stereocenters. The molecule has 0 unspecified atom stereocenters. The Morgan fingerprint density at radius 2 is 2.00 bits per heavy atom. The predicted octanol–water partition coefficient (Wildman–Crippen LogP) is 3.07. The van der Waals surface area contributed by atoms with Crippen molar-refractivity contribution in [1.29, 1.82) is 0 Å². The maximum Gasteiger partial charge on any atom is 0.433 e. The van der Waals surface area contributed by atoms with Crippen molar-refractivity contribution in [2.24, 2.45) is 0 Å². The summed E-state index contributed by atoms with van der Waals surface area (Å²) < 4.78 is 36.8. The van der Waals surface area contributed by atoms with Crippen molar-refractivity contribution in [2.75, 3.05) is 0 Å². The van der Waals surface area contributed by atoms with Crippen LogP contribution in [-0.4, -0.2) is 10.8 Å². The summed E-state index contributed by atoms with van der Waals surface area (Å²) in [7, 11) is 0. The van der Waals surface area contributed by atoms with E-state index in [1.165, 1.54) is 0 Å². The van der Waals surface area contributed by atoms with E-state index in [0.717, 1.165) is 19.1 Å². The topological polar surface area (TPSA) is 30.0 Å². The quantitative estimate of drug-likeness (QED) is 0.732. The Morgan fingerprint density at radius 3 is 2.43 bits per heavy atom. The molecule has 0 fully saturated rings. The Hall–Kier alpha value is -0.910. The second-order valence-corrected chi connectivity index (χ2v) is 3.44. The molecule has 14 heavy (non-hydrogen) atoms. The minimum absolute atomic E-state index is 0.208. The molecule has 0 aromatic carbocycles. The van der Waals surface area contributed by atoms with Gasteiger partial charge in [-0.25, -0.2) is 4.98 Å². The van der Waals surface area contributed by atoms with Crippen molar-refractivity contribution in [3.8, 4) is 0 Å². The Bertz CT molecular complexity index is 375. The van der Waals surface area contributed by atoms with Gasteiger partial charge < -0.3 is 0 Å². The molecule has 0 amide bonds. The fraction of sp³-hybridized carbons (Fsp3) is 0.250. The molecule has 0 spiro atoms. The molecule has 0 saturated heterocycles. The highest BCUT2D eigenvalue weighted by Crippen LogP contribution is 2.29. The standard InChI is InChI=1S/C8H5BrF3NO/c1-4(14)7-5(9)2-3-6(13-7)8(10,11)12/h2-3H,1H3. The van der Waals surface area contributed by atoms with Crippen LogP contribution < -0.4 is 0 Å². The highest BCUT2D eigenvalue weighted by Gasteiger charge is 2.33. The molecule has 1 rings (SSSR count). The van der Waals surface area contributed by atoms with Crippen molar-refractivity contribution >= 4 is 21.7 Å². The summed E-state index contributed by atoms with van der Waals surface area (Å²) in [5.74, 6) is -0.511. The summed E-state index contributed by atoms with van der Waals surface area (Å²) in [6.45, 7) is 1.16. The molecule has 0 aliphatic carbocycles. The third-order valence-corrected chi connectivity index (χ3v) is 2.11. The van der Waals surface area contributed by atoms with E-state index in [-0.39, 0.29) is 10.2 Å². The van der Waals surface area contributed by atoms with Gasteiger partial charge in [0.2, 0.25) is 0 Å².